The fourth-order valence-electron chi connectivity index (χ4n) is 3.64. The van der Waals surface area contributed by atoms with Gasteiger partial charge in [0.1, 0.15) is 12.4 Å². The van der Waals surface area contributed by atoms with Gasteiger partial charge in [0.25, 0.3) is 0 Å². The van der Waals surface area contributed by atoms with Gasteiger partial charge in [0.2, 0.25) is 0 Å². The average Bonchev–Trinajstić information content (AvgIpc) is 2.81. The lowest BCUT2D eigenvalue weighted by atomic mass is 9.72. The van der Waals surface area contributed by atoms with Crippen LogP contribution in [0.25, 0.3) is 0 Å². The number of likely N-dealkylation sites (tertiary alicyclic amines) is 1. The lowest BCUT2D eigenvalue weighted by molar-refractivity contribution is -0.159. The van der Waals surface area contributed by atoms with Gasteiger partial charge >= 0.3 is 17.9 Å². The summed E-state index contributed by atoms with van der Waals surface area (Å²) in [5.74, 6) is -2.97. The van der Waals surface area contributed by atoms with E-state index in [1.807, 2.05) is 61.5 Å². The minimum Gasteiger partial charge on any atom is -0.492 e. The first-order valence-corrected chi connectivity index (χ1v) is 11.0. The summed E-state index contributed by atoms with van der Waals surface area (Å²) in [6.45, 7) is 5.36. The quantitative estimate of drug-likeness (QED) is 0.460. The van der Waals surface area contributed by atoms with Gasteiger partial charge in [-0.1, -0.05) is 48.0 Å². The highest BCUT2D eigenvalue weighted by Crippen LogP contribution is 2.36. The van der Waals surface area contributed by atoms with E-state index in [9.17, 15) is 4.79 Å². The van der Waals surface area contributed by atoms with Crippen LogP contribution in [0.5, 0.6) is 5.75 Å². The zero-order valence-electron chi connectivity index (χ0n) is 18.4. The maximum Gasteiger partial charge on any atom is 0.414 e. The maximum atomic E-state index is 12.8. The van der Waals surface area contributed by atoms with Crippen molar-refractivity contribution in [2.24, 2.45) is 0 Å². The Morgan fingerprint density at radius 3 is 2.18 bits per heavy atom. The number of carboxylic acids is 2. The summed E-state index contributed by atoms with van der Waals surface area (Å²) in [6.07, 6.45) is 1.51. The number of carbonyl (C=O) groups excluding carboxylic acids is 1. The van der Waals surface area contributed by atoms with E-state index in [4.69, 9.17) is 40.9 Å². The Morgan fingerprint density at radius 1 is 1.00 bits per heavy atom. The molecule has 1 heterocycles. The van der Waals surface area contributed by atoms with Gasteiger partial charge in [-0.3, -0.25) is 9.69 Å². The molecule has 0 spiro atoms. The number of esters is 1. The molecule has 0 bridgehead atoms. The largest absolute Gasteiger partial charge is 0.492 e. The molecular weight excluding hydrogens is 450 g/mol. The normalized spacial score (nSPS) is 15.0. The summed E-state index contributed by atoms with van der Waals surface area (Å²) in [6, 6.07) is 17.5. The number of benzene rings is 2. The third-order valence-electron chi connectivity index (χ3n) is 5.36. The molecule has 2 aromatic rings. The van der Waals surface area contributed by atoms with Crippen LogP contribution in [0.1, 0.15) is 25.3 Å². The molecule has 2 aromatic carbocycles. The Kier molecular flexibility index (Phi) is 10.2. The van der Waals surface area contributed by atoms with Gasteiger partial charge in [-0.05, 0) is 56.6 Å². The van der Waals surface area contributed by atoms with Crippen LogP contribution in [0.4, 0.5) is 0 Å². The number of piperidine rings is 1. The molecule has 8 nitrogen and oxygen atoms in total. The van der Waals surface area contributed by atoms with Crippen LogP contribution in [-0.4, -0.2) is 65.9 Å². The van der Waals surface area contributed by atoms with Crippen LogP contribution in [0.15, 0.2) is 54.6 Å². The van der Waals surface area contributed by atoms with Crippen molar-refractivity contribution in [3.8, 4) is 5.75 Å². The number of ether oxygens (including phenoxy) is 2. The van der Waals surface area contributed by atoms with Gasteiger partial charge in [0, 0.05) is 11.6 Å². The maximum absolute atomic E-state index is 12.8. The Bertz CT molecular complexity index is 915. The number of hydrogen-bond acceptors (Lipinski definition) is 6. The first kappa shape index (κ1) is 26.2. The number of nitrogens with zero attached hydrogens (tertiary/aromatic N) is 1. The molecule has 0 radical (unpaired) electrons. The summed E-state index contributed by atoms with van der Waals surface area (Å²) in [7, 11) is 0. The van der Waals surface area contributed by atoms with Gasteiger partial charge in [-0.15, -0.1) is 0 Å². The van der Waals surface area contributed by atoms with Gasteiger partial charge in [0.15, 0.2) is 0 Å². The van der Waals surface area contributed by atoms with Crippen molar-refractivity contribution in [3.63, 3.8) is 0 Å². The van der Waals surface area contributed by atoms with Gasteiger partial charge in [-0.2, -0.15) is 0 Å². The fraction of sp³-hybridized carbons (Fsp3) is 0.375. The molecule has 0 saturated carbocycles. The Hall–Kier alpha value is -3.10. The predicted molar refractivity (Wildman–Crippen MR) is 123 cm³/mol. The van der Waals surface area contributed by atoms with Crippen LogP contribution in [0, 0.1) is 0 Å². The standard InChI is InChI=1S/C22H26ClNO3.C2H2O4/c1-2-26-21(25)22(18-7-4-3-5-8-18)11-13-24(14-12-22)15-16-27-20-10-6-9-19(23)17-20;3-1(4)2(5)6/h3-10,17H,2,11-16H2,1H3;(H,3,4)(H,5,6). The molecule has 1 saturated heterocycles. The molecule has 1 aliphatic rings. The first-order valence-electron chi connectivity index (χ1n) is 10.6. The van der Waals surface area contributed by atoms with E-state index in [1.54, 1.807) is 0 Å². The van der Waals surface area contributed by atoms with Crippen molar-refractivity contribution in [2.45, 2.75) is 25.2 Å². The smallest absolute Gasteiger partial charge is 0.414 e. The summed E-state index contributed by atoms with van der Waals surface area (Å²) in [4.78, 5) is 33.3. The second-order valence-electron chi connectivity index (χ2n) is 7.43. The third kappa shape index (κ3) is 7.76. The number of carbonyl (C=O) groups is 3. The Labute approximate surface area is 197 Å². The van der Waals surface area contributed by atoms with E-state index in [-0.39, 0.29) is 5.97 Å². The summed E-state index contributed by atoms with van der Waals surface area (Å²) >= 11 is 5.98. The molecule has 1 fully saturated rings. The molecule has 0 unspecified atom stereocenters. The molecule has 1 aliphatic heterocycles. The lowest BCUT2D eigenvalue weighted by Crippen LogP contribution is -2.48. The van der Waals surface area contributed by atoms with E-state index in [0.717, 1.165) is 43.8 Å². The highest BCUT2D eigenvalue weighted by atomic mass is 35.5. The first-order chi connectivity index (χ1) is 15.8. The SMILES string of the molecule is CCOC(=O)C1(c2ccccc2)CCN(CCOc2cccc(Cl)c2)CC1.O=C(O)C(=O)O. The predicted octanol–water partition coefficient (Wildman–Crippen LogP) is 3.47. The average molecular weight is 478 g/mol. The molecule has 33 heavy (non-hydrogen) atoms. The van der Waals surface area contributed by atoms with Crippen molar-refractivity contribution in [2.75, 3.05) is 32.8 Å². The third-order valence-corrected chi connectivity index (χ3v) is 5.59. The molecule has 2 N–H and O–H groups in total. The molecule has 0 aliphatic carbocycles. The van der Waals surface area contributed by atoms with E-state index >= 15 is 0 Å². The van der Waals surface area contributed by atoms with E-state index < -0.39 is 17.4 Å². The van der Waals surface area contributed by atoms with Gasteiger partial charge in [0.05, 0.1) is 12.0 Å². The van der Waals surface area contributed by atoms with Crippen molar-refractivity contribution in [1.82, 2.24) is 4.90 Å². The zero-order valence-corrected chi connectivity index (χ0v) is 19.2. The number of hydrogen-bond donors (Lipinski definition) is 2. The summed E-state index contributed by atoms with van der Waals surface area (Å²) < 4.78 is 11.2. The van der Waals surface area contributed by atoms with Crippen LogP contribution in [0.3, 0.4) is 0 Å². The molecular formula is C24H28ClNO7. The second kappa shape index (κ2) is 12.8. The molecule has 0 atom stereocenters. The van der Waals surface area contributed by atoms with Crippen LogP contribution >= 0.6 is 11.6 Å². The minimum absolute atomic E-state index is 0.106. The van der Waals surface area contributed by atoms with Gasteiger partial charge in [-0.25, -0.2) is 9.59 Å². The molecule has 0 aromatic heterocycles. The minimum atomic E-state index is -1.82. The zero-order chi connectivity index (χ0) is 24.3. The molecule has 0 amide bonds. The Morgan fingerprint density at radius 2 is 1.64 bits per heavy atom. The summed E-state index contributed by atoms with van der Waals surface area (Å²) in [5.41, 5.74) is 0.514. The van der Waals surface area contributed by atoms with E-state index in [2.05, 4.69) is 4.90 Å². The topological polar surface area (TPSA) is 113 Å². The van der Waals surface area contributed by atoms with Gasteiger partial charge < -0.3 is 19.7 Å². The number of aliphatic carboxylic acids is 2. The lowest BCUT2D eigenvalue weighted by Gasteiger charge is -2.40. The monoisotopic (exact) mass is 477 g/mol. The number of carboxylic acid groups (broad SMARTS) is 2. The highest BCUT2D eigenvalue weighted by Gasteiger charge is 2.44. The fourth-order valence-corrected chi connectivity index (χ4v) is 3.83. The van der Waals surface area contributed by atoms with Crippen LogP contribution < -0.4 is 4.74 Å². The van der Waals surface area contributed by atoms with Crippen LogP contribution in [-0.2, 0) is 24.5 Å². The second-order valence-corrected chi connectivity index (χ2v) is 7.86. The molecule has 9 heteroatoms. The van der Waals surface area contributed by atoms with Crippen molar-refractivity contribution < 1.29 is 34.1 Å². The van der Waals surface area contributed by atoms with Crippen molar-refractivity contribution in [1.29, 1.82) is 0 Å². The van der Waals surface area contributed by atoms with E-state index in [0.29, 0.717) is 18.2 Å². The van der Waals surface area contributed by atoms with Crippen LogP contribution in [0.2, 0.25) is 5.02 Å². The van der Waals surface area contributed by atoms with Crippen molar-refractivity contribution in [3.05, 3.63) is 65.2 Å². The summed E-state index contributed by atoms with van der Waals surface area (Å²) in [5, 5.41) is 15.5. The number of rotatable bonds is 7. The van der Waals surface area contributed by atoms with Crippen molar-refractivity contribution >= 4 is 29.5 Å². The molecule has 3 rings (SSSR count). The number of halogens is 1. The molecule has 178 valence electrons. The highest BCUT2D eigenvalue weighted by molar-refractivity contribution is 6.30. The van der Waals surface area contributed by atoms with E-state index in [1.165, 1.54) is 0 Å². The Balaban J connectivity index is 0.000000569.